The molecule has 0 bridgehead atoms. The lowest BCUT2D eigenvalue weighted by Crippen LogP contribution is -2.30. The second-order valence-corrected chi connectivity index (χ2v) is 9.03. The summed E-state index contributed by atoms with van der Waals surface area (Å²) in [6, 6.07) is 19.9. The van der Waals surface area contributed by atoms with Crippen molar-refractivity contribution in [1.82, 2.24) is 14.9 Å². The van der Waals surface area contributed by atoms with Crippen LogP contribution in [0.2, 0.25) is 0 Å². The van der Waals surface area contributed by atoms with Gasteiger partial charge in [0.25, 0.3) is 0 Å². The van der Waals surface area contributed by atoms with Crippen molar-refractivity contribution in [2.75, 3.05) is 19.1 Å². The minimum Gasteiger partial charge on any atom is -0.497 e. The highest BCUT2D eigenvalue weighted by molar-refractivity contribution is 7.80. The van der Waals surface area contributed by atoms with Crippen LogP contribution in [0, 0.1) is 19.7 Å². The van der Waals surface area contributed by atoms with E-state index in [1.165, 1.54) is 6.07 Å². The smallest absolute Gasteiger partial charge is 0.174 e. The lowest BCUT2D eigenvalue weighted by molar-refractivity contribution is 0.394. The summed E-state index contributed by atoms with van der Waals surface area (Å²) in [6.45, 7) is 3.99. The zero-order valence-corrected chi connectivity index (χ0v) is 21.3. The third-order valence-electron chi connectivity index (χ3n) is 6.63. The van der Waals surface area contributed by atoms with Crippen molar-refractivity contribution >= 4 is 23.0 Å². The second-order valence-electron chi connectivity index (χ2n) is 8.65. The number of pyridine rings is 1. The SMILES string of the molecule is COc1ccc(N2C(=S)NC(c3ccccn3)C2c2cc(C)n(-c3ccccc3F)c2C)c(OC)c1. The van der Waals surface area contributed by atoms with E-state index in [9.17, 15) is 4.39 Å². The van der Waals surface area contributed by atoms with Gasteiger partial charge in [0.1, 0.15) is 17.3 Å². The molecule has 184 valence electrons. The predicted molar refractivity (Wildman–Crippen MR) is 143 cm³/mol. The van der Waals surface area contributed by atoms with Crippen LogP contribution in [0.5, 0.6) is 11.5 Å². The molecule has 0 spiro atoms. The van der Waals surface area contributed by atoms with E-state index < -0.39 is 0 Å². The number of benzene rings is 2. The number of hydrogen-bond donors (Lipinski definition) is 1. The van der Waals surface area contributed by atoms with Crippen LogP contribution in [-0.4, -0.2) is 28.9 Å². The van der Waals surface area contributed by atoms with Crippen LogP contribution in [0.15, 0.2) is 72.9 Å². The van der Waals surface area contributed by atoms with E-state index in [-0.39, 0.29) is 17.9 Å². The van der Waals surface area contributed by atoms with Crippen LogP contribution in [0.3, 0.4) is 0 Å². The summed E-state index contributed by atoms with van der Waals surface area (Å²) in [6.07, 6.45) is 1.77. The first kappa shape index (κ1) is 23.8. The number of halogens is 1. The Labute approximate surface area is 215 Å². The van der Waals surface area contributed by atoms with Crippen LogP contribution in [0.25, 0.3) is 5.69 Å². The molecule has 1 aliphatic heterocycles. The van der Waals surface area contributed by atoms with E-state index >= 15 is 0 Å². The average molecular weight is 503 g/mol. The highest BCUT2D eigenvalue weighted by atomic mass is 32.1. The highest BCUT2D eigenvalue weighted by Crippen LogP contribution is 2.46. The van der Waals surface area contributed by atoms with Gasteiger partial charge in [-0.3, -0.25) is 4.98 Å². The molecule has 2 unspecified atom stereocenters. The Hall–Kier alpha value is -3.91. The average Bonchev–Trinajstić information content (AvgIpc) is 3.39. The van der Waals surface area contributed by atoms with Gasteiger partial charge in [0.15, 0.2) is 5.11 Å². The van der Waals surface area contributed by atoms with Gasteiger partial charge in [-0.1, -0.05) is 18.2 Å². The van der Waals surface area contributed by atoms with Gasteiger partial charge in [-0.15, -0.1) is 0 Å². The van der Waals surface area contributed by atoms with Crippen molar-refractivity contribution in [3.8, 4) is 17.2 Å². The molecule has 8 heteroatoms. The van der Waals surface area contributed by atoms with Crippen molar-refractivity contribution in [2.45, 2.75) is 25.9 Å². The fraction of sp³-hybridized carbons (Fsp3) is 0.214. The topological polar surface area (TPSA) is 51.5 Å². The van der Waals surface area contributed by atoms with Crippen molar-refractivity contribution in [2.24, 2.45) is 0 Å². The molecule has 6 nitrogen and oxygen atoms in total. The zero-order chi connectivity index (χ0) is 25.4. The minimum absolute atomic E-state index is 0.236. The number of aryl methyl sites for hydroxylation is 1. The number of nitrogens with one attached hydrogen (secondary N) is 1. The molecule has 4 aromatic rings. The Balaban J connectivity index is 1.71. The number of aromatic nitrogens is 2. The molecular formula is C28H27FN4O2S. The minimum atomic E-state index is -0.277. The number of ether oxygens (including phenoxy) is 2. The van der Waals surface area contributed by atoms with Crippen LogP contribution in [0.4, 0.5) is 10.1 Å². The molecule has 36 heavy (non-hydrogen) atoms. The van der Waals surface area contributed by atoms with Crippen LogP contribution < -0.4 is 19.7 Å². The molecule has 0 aliphatic carbocycles. The number of anilines is 1. The van der Waals surface area contributed by atoms with Crippen LogP contribution in [-0.2, 0) is 0 Å². The summed E-state index contributed by atoms with van der Waals surface area (Å²) in [5.74, 6) is 1.04. The normalized spacial score (nSPS) is 17.2. The van der Waals surface area contributed by atoms with Crippen molar-refractivity contribution in [3.63, 3.8) is 0 Å². The first-order chi connectivity index (χ1) is 17.4. The van der Waals surface area contributed by atoms with Gasteiger partial charge >= 0.3 is 0 Å². The van der Waals surface area contributed by atoms with Gasteiger partial charge in [0, 0.05) is 23.7 Å². The van der Waals surface area contributed by atoms with Gasteiger partial charge in [0.05, 0.1) is 43.4 Å². The fourth-order valence-corrected chi connectivity index (χ4v) is 5.34. The predicted octanol–water partition coefficient (Wildman–Crippen LogP) is 5.82. The molecule has 5 rings (SSSR count). The third-order valence-corrected chi connectivity index (χ3v) is 6.94. The van der Waals surface area contributed by atoms with Gasteiger partial charge in [-0.05, 0) is 74.1 Å². The lowest BCUT2D eigenvalue weighted by Gasteiger charge is -2.29. The number of para-hydroxylation sites is 1. The maximum atomic E-state index is 14.8. The first-order valence-electron chi connectivity index (χ1n) is 11.6. The fourth-order valence-electron chi connectivity index (χ4n) is 5.01. The van der Waals surface area contributed by atoms with Gasteiger partial charge < -0.3 is 24.3 Å². The van der Waals surface area contributed by atoms with Gasteiger partial charge in [0.2, 0.25) is 0 Å². The molecule has 3 heterocycles. The summed E-state index contributed by atoms with van der Waals surface area (Å²) in [7, 11) is 3.24. The van der Waals surface area contributed by atoms with E-state index in [4.69, 9.17) is 21.7 Å². The second kappa shape index (κ2) is 9.62. The van der Waals surface area contributed by atoms with Crippen LogP contribution in [0.1, 0.15) is 34.7 Å². The Bertz CT molecular complexity index is 1420. The molecule has 1 N–H and O–H groups in total. The third kappa shape index (κ3) is 3.97. The van der Waals surface area contributed by atoms with Crippen molar-refractivity contribution in [3.05, 3.63) is 101 Å². The standard InChI is InChI=1S/C28H27FN4O2S/c1-17-15-20(18(2)32(17)23-11-6-5-9-21(23)29)27-26(22-10-7-8-14-30-22)31-28(36)33(27)24-13-12-19(34-3)16-25(24)35-4/h5-16,26-27H,1-4H3,(H,31,36). The number of hydrogen-bond acceptors (Lipinski definition) is 4. The Morgan fingerprint density at radius 3 is 2.42 bits per heavy atom. The van der Waals surface area contributed by atoms with E-state index in [1.807, 2.05) is 60.9 Å². The Morgan fingerprint density at radius 1 is 0.944 bits per heavy atom. The lowest BCUT2D eigenvalue weighted by atomic mass is 9.96. The Morgan fingerprint density at radius 2 is 1.72 bits per heavy atom. The van der Waals surface area contributed by atoms with E-state index in [0.29, 0.717) is 22.3 Å². The van der Waals surface area contributed by atoms with E-state index in [2.05, 4.69) is 21.3 Å². The number of methoxy groups -OCH3 is 2. The van der Waals surface area contributed by atoms with Gasteiger partial charge in [-0.2, -0.15) is 0 Å². The molecule has 2 aromatic carbocycles. The number of nitrogens with zero attached hydrogens (tertiary/aromatic N) is 3. The molecule has 0 saturated carbocycles. The van der Waals surface area contributed by atoms with E-state index in [1.54, 1.807) is 32.5 Å². The summed E-state index contributed by atoms with van der Waals surface area (Å²) in [5, 5.41) is 4.03. The summed E-state index contributed by atoms with van der Waals surface area (Å²) in [5.41, 5.74) is 5.02. The molecule has 1 aliphatic rings. The van der Waals surface area contributed by atoms with Crippen molar-refractivity contribution < 1.29 is 13.9 Å². The molecular weight excluding hydrogens is 475 g/mol. The number of thiocarbonyl (C=S) groups is 1. The van der Waals surface area contributed by atoms with Crippen LogP contribution >= 0.6 is 12.2 Å². The number of rotatable bonds is 6. The molecule has 0 amide bonds. The van der Waals surface area contributed by atoms with E-state index in [0.717, 1.165) is 28.3 Å². The van der Waals surface area contributed by atoms with Gasteiger partial charge in [-0.25, -0.2) is 4.39 Å². The Kier molecular flexibility index (Phi) is 6.36. The quantitative estimate of drug-likeness (QED) is 0.335. The largest absolute Gasteiger partial charge is 0.497 e. The summed E-state index contributed by atoms with van der Waals surface area (Å²) < 4.78 is 27.9. The maximum absolute atomic E-state index is 14.8. The molecule has 1 fully saturated rings. The summed E-state index contributed by atoms with van der Waals surface area (Å²) >= 11 is 5.88. The maximum Gasteiger partial charge on any atom is 0.174 e. The molecule has 2 aromatic heterocycles. The van der Waals surface area contributed by atoms with Crippen molar-refractivity contribution in [1.29, 1.82) is 0 Å². The molecule has 1 saturated heterocycles. The molecule has 2 atom stereocenters. The molecule has 0 radical (unpaired) electrons. The highest BCUT2D eigenvalue weighted by Gasteiger charge is 2.43. The summed E-state index contributed by atoms with van der Waals surface area (Å²) in [4.78, 5) is 6.69. The zero-order valence-electron chi connectivity index (χ0n) is 20.5. The monoisotopic (exact) mass is 502 g/mol. The first-order valence-corrected chi connectivity index (χ1v) is 12.0.